The molecule has 1 aromatic rings. The Bertz CT molecular complexity index is 479. The fourth-order valence-electron chi connectivity index (χ4n) is 2.12. The fourth-order valence-corrected chi connectivity index (χ4v) is 2.12. The second kappa shape index (κ2) is 5.89. The third-order valence-corrected chi connectivity index (χ3v) is 3.57. The molecule has 1 heterocycles. The first-order valence-electron chi connectivity index (χ1n) is 6.62. The van der Waals surface area contributed by atoms with E-state index in [1.54, 1.807) is 12.1 Å². The van der Waals surface area contributed by atoms with Gasteiger partial charge in [0.2, 0.25) is 5.91 Å². The molecule has 19 heavy (non-hydrogen) atoms. The Hall–Kier alpha value is -1.81. The van der Waals surface area contributed by atoms with Crippen LogP contribution < -0.4 is 11.1 Å². The molecule has 0 aromatic heterocycles. The quantitative estimate of drug-likeness (QED) is 0.646. The van der Waals surface area contributed by atoms with Crippen molar-refractivity contribution >= 4 is 17.3 Å². The Morgan fingerprint density at radius 2 is 2.05 bits per heavy atom. The number of nitrogens with zero attached hydrogens (tertiary/aromatic N) is 1. The molecule has 0 radical (unpaired) electrons. The van der Waals surface area contributed by atoms with E-state index in [1.807, 2.05) is 19.1 Å². The number of nitrogens with one attached hydrogen (secondary N) is 1. The van der Waals surface area contributed by atoms with Crippen LogP contribution in [0.25, 0.3) is 0 Å². The van der Waals surface area contributed by atoms with Crippen LogP contribution in [0.3, 0.4) is 0 Å². The predicted molar refractivity (Wildman–Crippen MR) is 78.9 cm³/mol. The zero-order valence-corrected chi connectivity index (χ0v) is 11.5. The van der Waals surface area contributed by atoms with E-state index in [2.05, 4.69) is 23.2 Å². The smallest absolute Gasteiger partial charge is 0.241 e. The molecule has 1 aromatic carbocycles. The summed E-state index contributed by atoms with van der Waals surface area (Å²) in [5.74, 6) is 0.0257. The van der Waals surface area contributed by atoms with Crippen molar-refractivity contribution in [2.75, 3.05) is 24.1 Å². The van der Waals surface area contributed by atoms with Gasteiger partial charge in [-0.1, -0.05) is 11.6 Å². The highest BCUT2D eigenvalue weighted by atomic mass is 16.2. The topological polar surface area (TPSA) is 58.4 Å². The molecule has 1 atom stereocenters. The van der Waals surface area contributed by atoms with E-state index in [0.717, 1.165) is 25.2 Å². The van der Waals surface area contributed by atoms with Crippen LogP contribution in [0, 0.1) is 0 Å². The molecule has 102 valence electrons. The lowest BCUT2D eigenvalue weighted by atomic mass is 10.1. The minimum absolute atomic E-state index is 0.0257. The number of benzene rings is 1. The molecule has 4 heteroatoms. The van der Waals surface area contributed by atoms with Crippen molar-refractivity contribution in [1.29, 1.82) is 0 Å². The highest BCUT2D eigenvalue weighted by molar-refractivity contribution is 5.94. The summed E-state index contributed by atoms with van der Waals surface area (Å²) in [5.41, 5.74) is 8.51. The van der Waals surface area contributed by atoms with E-state index >= 15 is 0 Å². The third kappa shape index (κ3) is 3.58. The minimum atomic E-state index is -0.123. The number of carbonyl (C=O) groups is 1. The number of carbonyl (C=O) groups excluding carboxylic acids is 1. The molecule has 3 N–H and O–H groups in total. The van der Waals surface area contributed by atoms with Crippen molar-refractivity contribution in [2.24, 2.45) is 0 Å². The van der Waals surface area contributed by atoms with Crippen molar-refractivity contribution < 1.29 is 4.79 Å². The number of hydrogen-bond donors (Lipinski definition) is 2. The Balaban J connectivity index is 1.94. The van der Waals surface area contributed by atoms with Crippen molar-refractivity contribution in [3.63, 3.8) is 0 Å². The third-order valence-electron chi connectivity index (χ3n) is 3.57. The van der Waals surface area contributed by atoms with Crippen molar-refractivity contribution in [3.05, 3.63) is 35.9 Å². The minimum Gasteiger partial charge on any atom is -0.399 e. The summed E-state index contributed by atoms with van der Waals surface area (Å²) in [7, 11) is 0. The molecule has 1 aliphatic heterocycles. The fraction of sp³-hybridized carbons (Fsp3) is 0.400. The summed E-state index contributed by atoms with van der Waals surface area (Å²) >= 11 is 0. The Morgan fingerprint density at radius 3 is 2.63 bits per heavy atom. The van der Waals surface area contributed by atoms with Crippen LogP contribution in [0.2, 0.25) is 0 Å². The lowest BCUT2D eigenvalue weighted by Gasteiger charge is -2.30. The second-order valence-corrected chi connectivity index (χ2v) is 5.08. The van der Waals surface area contributed by atoms with Crippen molar-refractivity contribution in [2.45, 2.75) is 26.3 Å². The molecule has 0 bridgehead atoms. The highest BCUT2D eigenvalue weighted by Crippen LogP contribution is 2.15. The van der Waals surface area contributed by atoms with Crippen LogP contribution in [0.15, 0.2) is 35.9 Å². The van der Waals surface area contributed by atoms with Gasteiger partial charge in [0.05, 0.1) is 6.04 Å². The normalized spacial score (nSPS) is 17.7. The van der Waals surface area contributed by atoms with Gasteiger partial charge in [-0.3, -0.25) is 9.69 Å². The number of amides is 1. The molecule has 1 aliphatic rings. The Morgan fingerprint density at radius 1 is 1.37 bits per heavy atom. The lowest BCUT2D eigenvalue weighted by molar-refractivity contribution is -0.120. The summed E-state index contributed by atoms with van der Waals surface area (Å²) in [6.07, 6.45) is 3.23. The van der Waals surface area contributed by atoms with E-state index in [9.17, 15) is 4.79 Å². The number of hydrogen-bond acceptors (Lipinski definition) is 3. The van der Waals surface area contributed by atoms with Crippen LogP contribution in [0.4, 0.5) is 11.4 Å². The average Bonchev–Trinajstić information content (AvgIpc) is 2.41. The number of anilines is 2. The molecule has 0 spiro atoms. The molecule has 2 rings (SSSR count). The van der Waals surface area contributed by atoms with Gasteiger partial charge in [0.15, 0.2) is 0 Å². The van der Waals surface area contributed by atoms with Gasteiger partial charge in [-0.05, 0) is 44.5 Å². The molecular weight excluding hydrogens is 238 g/mol. The summed E-state index contributed by atoms with van der Waals surface area (Å²) in [6.45, 7) is 5.87. The van der Waals surface area contributed by atoms with Crippen molar-refractivity contribution in [3.8, 4) is 0 Å². The van der Waals surface area contributed by atoms with Gasteiger partial charge in [0.25, 0.3) is 0 Å². The monoisotopic (exact) mass is 259 g/mol. The molecule has 0 fully saturated rings. The summed E-state index contributed by atoms with van der Waals surface area (Å²) in [4.78, 5) is 14.4. The largest absolute Gasteiger partial charge is 0.399 e. The molecule has 0 saturated carbocycles. The van der Waals surface area contributed by atoms with E-state index in [4.69, 9.17) is 5.73 Å². The average molecular weight is 259 g/mol. The van der Waals surface area contributed by atoms with Gasteiger partial charge in [0, 0.05) is 24.5 Å². The predicted octanol–water partition coefficient (Wildman–Crippen LogP) is 2.25. The van der Waals surface area contributed by atoms with E-state index in [-0.39, 0.29) is 11.9 Å². The maximum absolute atomic E-state index is 12.2. The van der Waals surface area contributed by atoms with E-state index < -0.39 is 0 Å². The van der Waals surface area contributed by atoms with E-state index in [0.29, 0.717) is 5.69 Å². The van der Waals surface area contributed by atoms with Crippen LogP contribution in [-0.2, 0) is 4.79 Å². The Kier molecular flexibility index (Phi) is 4.22. The van der Waals surface area contributed by atoms with Gasteiger partial charge in [-0.15, -0.1) is 0 Å². The first kappa shape index (κ1) is 13.6. The van der Waals surface area contributed by atoms with Crippen LogP contribution >= 0.6 is 0 Å². The number of nitrogen functional groups attached to an aromatic ring is 1. The SMILES string of the molecule is CC1=CCN(C(C)C(=O)Nc2ccc(N)cc2)CC1. The van der Waals surface area contributed by atoms with Gasteiger partial charge in [-0.2, -0.15) is 0 Å². The molecule has 0 aliphatic carbocycles. The molecule has 1 amide bonds. The van der Waals surface area contributed by atoms with Gasteiger partial charge in [-0.25, -0.2) is 0 Å². The Labute approximate surface area is 114 Å². The van der Waals surface area contributed by atoms with E-state index in [1.165, 1.54) is 5.57 Å². The van der Waals surface area contributed by atoms with Crippen LogP contribution in [-0.4, -0.2) is 29.9 Å². The van der Waals surface area contributed by atoms with Crippen LogP contribution in [0.5, 0.6) is 0 Å². The standard InChI is InChI=1S/C15H21N3O/c1-11-7-9-18(10-8-11)12(2)15(19)17-14-5-3-13(16)4-6-14/h3-7,12H,8-10,16H2,1-2H3,(H,17,19). The lowest BCUT2D eigenvalue weighted by Crippen LogP contribution is -2.44. The zero-order chi connectivity index (χ0) is 13.8. The van der Waals surface area contributed by atoms with Gasteiger partial charge < -0.3 is 11.1 Å². The van der Waals surface area contributed by atoms with Gasteiger partial charge >= 0.3 is 0 Å². The maximum atomic E-state index is 12.2. The molecule has 1 unspecified atom stereocenters. The molecule has 4 nitrogen and oxygen atoms in total. The molecule has 0 saturated heterocycles. The summed E-state index contributed by atoms with van der Waals surface area (Å²) in [6, 6.07) is 7.09. The highest BCUT2D eigenvalue weighted by Gasteiger charge is 2.22. The zero-order valence-electron chi connectivity index (χ0n) is 11.5. The van der Waals surface area contributed by atoms with Gasteiger partial charge in [0.1, 0.15) is 0 Å². The van der Waals surface area contributed by atoms with Crippen molar-refractivity contribution in [1.82, 2.24) is 4.90 Å². The number of rotatable bonds is 3. The first-order chi connectivity index (χ1) is 9.06. The summed E-state index contributed by atoms with van der Waals surface area (Å²) < 4.78 is 0. The first-order valence-corrected chi connectivity index (χ1v) is 6.62. The summed E-state index contributed by atoms with van der Waals surface area (Å²) in [5, 5.41) is 2.92. The second-order valence-electron chi connectivity index (χ2n) is 5.08. The molecular formula is C15H21N3O. The number of nitrogens with two attached hydrogens (primary N) is 1. The maximum Gasteiger partial charge on any atom is 0.241 e. The van der Waals surface area contributed by atoms with Crippen LogP contribution in [0.1, 0.15) is 20.3 Å².